The zero-order valence-electron chi connectivity index (χ0n) is 8.69. The highest BCUT2D eigenvalue weighted by molar-refractivity contribution is 6.29. The Kier molecular flexibility index (Phi) is 4.10. The van der Waals surface area contributed by atoms with E-state index in [-0.39, 0.29) is 6.07 Å². The predicted molar refractivity (Wildman–Crippen MR) is 50.5 cm³/mol. The van der Waals surface area contributed by atoms with Crippen LogP contribution in [0.2, 0.25) is 5.15 Å². The Morgan fingerprint density at radius 1 is 1.44 bits per heavy atom. The second kappa shape index (κ2) is 5.05. The van der Waals surface area contributed by atoms with E-state index >= 15 is 0 Å². The van der Waals surface area contributed by atoms with E-state index in [1.165, 1.54) is 0 Å². The molecule has 9 heteroatoms. The van der Waals surface area contributed by atoms with Gasteiger partial charge in [-0.1, -0.05) is 11.6 Å². The van der Waals surface area contributed by atoms with Gasteiger partial charge in [-0.25, -0.2) is 18.6 Å². The topological polar surface area (TPSA) is 39.2 Å². The van der Waals surface area contributed by atoms with Gasteiger partial charge in [-0.05, 0) is 6.07 Å². The molecule has 0 fully saturated rings. The van der Waals surface area contributed by atoms with Crippen molar-refractivity contribution in [2.75, 3.05) is 7.11 Å². The normalized spacial score (nSPS) is 11.8. The smallest absolute Gasteiger partial charge is 0.417 e. The van der Waals surface area contributed by atoms with Crippen LogP contribution >= 0.6 is 11.6 Å². The zero-order valence-corrected chi connectivity index (χ0v) is 9.44. The molecule has 0 aliphatic heterocycles. The molecule has 0 amide bonds. The maximum atomic E-state index is 12.7. The van der Waals surface area contributed by atoms with Crippen LogP contribution < -0.4 is 0 Å². The number of ether oxygens (including phenoxy) is 1. The fourth-order valence-corrected chi connectivity index (χ4v) is 1.43. The number of hydrogen-bond donors (Lipinski definition) is 0. The summed E-state index contributed by atoms with van der Waals surface area (Å²) >= 11 is 5.27. The van der Waals surface area contributed by atoms with Gasteiger partial charge in [0.05, 0.1) is 18.2 Å². The molecule has 0 atom stereocenters. The number of aromatic nitrogens is 1. The van der Waals surface area contributed by atoms with Crippen LogP contribution in [0.25, 0.3) is 0 Å². The van der Waals surface area contributed by atoms with Gasteiger partial charge in [-0.2, -0.15) is 13.2 Å². The maximum absolute atomic E-state index is 12.7. The molecule has 0 N–H and O–H groups in total. The molecule has 0 unspecified atom stereocenters. The van der Waals surface area contributed by atoms with Gasteiger partial charge in [-0.15, -0.1) is 0 Å². The van der Waals surface area contributed by atoms with E-state index in [9.17, 15) is 26.7 Å². The van der Waals surface area contributed by atoms with Crippen molar-refractivity contribution < 1.29 is 31.5 Å². The molecule has 0 saturated heterocycles. The van der Waals surface area contributed by atoms with Crippen molar-refractivity contribution in [3.63, 3.8) is 0 Å². The fourth-order valence-electron chi connectivity index (χ4n) is 1.23. The summed E-state index contributed by atoms with van der Waals surface area (Å²) < 4.78 is 67.1. The molecule has 3 nitrogen and oxygen atoms in total. The van der Waals surface area contributed by atoms with Crippen molar-refractivity contribution in [3.05, 3.63) is 28.0 Å². The number of pyridine rings is 1. The Balaban J connectivity index is 3.62. The first-order valence-electron chi connectivity index (χ1n) is 4.32. The average Bonchev–Trinajstić information content (AvgIpc) is 2.25. The average molecular weight is 290 g/mol. The zero-order chi connectivity index (χ0) is 14.1. The van der Waals surface area contributed by atoms with E-state index < -0.39 is 40.5 Å². The minimum absolute atomic E-state index is 0.232. The van der Waals surface area contributed by atoms with Crippen molar-refractivity contribution in [1.29, 1.82) is 0 Å². The van der Waals surface area contributed by atoms with Crippen molar-refractivity contribution in [1.82, 2.24) is 4.98 Å². The van der Waals surface area contributed by atoms with Crippen LogP contribution in [0.3, 0.4) is 0 Å². The van der Waals surface area contributed by atoms with Gasteiger partial charge in [-0.3, -0.25) is 0 Å². The highest BCUT2D eigenvalue weighted by atomic mass is 35.5. The molecule has 0 spiro atoms. The van der Waals surface area contributed by atoms with Gasteiger partial charge in [0, 0.05) is 0 Å². The van der Waals surface area contributed by atoms with E-state index in [1.807, 2.05) is 0 Å². The largest absolute Gasteiger partial charge is 0.464 e. The van der Waals surface area contributed by atoms with Crippen LogP contribution in [-0.2, 0) is 10.9 Å². The lowest BCUT2D eigenvalue weighted by molar-refractivity contribution is -0.139. The summed E-state index contributed by atoms with van der Waals surface area (Å²) in [6.45, 7) is 0. The molecule has 0 saturated carbocycles. The van der Waals surface area contributed by atoms with Gasteiger partial charge in [0.2, 0.25) is 0 Å². The number of nitrogens with zero attached hydrogens (tertiary/aromatic N) is 1. The standard InChI is InChI=1S/C9H5ClF5NO2/c1-18-8(17)6-5(7(11)12)3(9(13,14)15)2-4(10)16-6/h2,7H,1H3. The minimum Gasteiger partial charge on any atom is -0.464 e. The quantitative estimate of drug-likeness (QED) is 0.475. The molecule has 0 aliphatic rings. The monoisotopic (exact) mass is 289 g/mol. The van der Waals surface area contributed by atoms with Crippen LogP contribution in [0.1, 0.15) is 28.0 Å². The van der Waals surface area contributed by atoms with E-state index in [2.05, 4.69) is 9.72 Å². The lowest BCUT2D eigenvalue weighted by atomic mass is 10.1. The Labute approximate surface area is 103 Å². The first-order valence-corrected chi connectivity index (χ1v) is 4.70. The first-order chi connectivity index (χ1) is 8.18. The third kappa shape index (κ3) is 2.87. The number of carbonyl (C=O) groups excluding carboxylic acids is 1. The van der Waals surface area contributed by atoms with Gasteiger partial charge in [0.25, 0.3) is 6.43 Å². The molecule has 1 aromatic rings. The van der Waals surface area contributed by atoms with Gasteiger partial charge in [0.15, 0.2) is 5.69 Å². The number of rotatable bonds is 2. The highest BCUT2D eigenvalue weighted by Gasteiger charge is 2.39. The summed E-state index contributed by atoms with van der Waals surface area (Å²) in [5, 5.41) is -0.730. The molecule has 0 radical (unpaired) electrons. The van der Waals surface area contributed by atoms with Crippen LogP contribution in [0.5, 0.6) is 0 Å². The molecule has 0 aliphatic carbocycles. The third-order valence-corrected chi connectivity index (χ3v) is 2.12. The summed E-state index contributed by atoms with van der Waals surface area (Å²) in [4.78, 5) is 14.3. The molecule has 18 heavy (non-hydrogen) atoms. The SMILES string of the molecule is COC(=O)c1nc(Cl)cc(C(F)(F)F)c1C(F)F. The maximum Gasteiger partial charge on any atom is 0.417 e. The number of hydrogen-bond acceptors (Lipinski definition) is 3. The number of esters is 1. The molecular formula is C9H5ClF5NO2. The van der Waals surface area contributed by atoms with Crippen LogP contribution in [0.4, 0.5) is 22.0 Å². The van der Waals surface area contributed by atoms with Crippen molar-refractivity contribution in [2.24, 2.45) is 0 Å². The van der Waals surface area contributed by atoms with Gasteiger partial charge < -0.3 is 4.74 Å². The van der Waals surface area contributed by atoms with E-state index in [0.717, 1.165) is 7.11 Å². The lowest BCUT2D eigenvalue weighted by Crippen LogP contribution is -2.17. The highest BCUT2D eigenvalue weighted by Crippen LogP contribution is 2.38. The minimum atomic E-state index is -5.08. The second-order valence-electron chi connectivity index (χ2n) is 3.04. The van der Waals surface area contributed by atoms with E-state index in [1.54, 1.807) is 0 Å². The summed E-state index contributed by atoms with van der Waals surface area (Å²) in [7, 11) is 0.827. The summed E-state index contributed by atoms with van der Waals surface area (Å²) in [6.07, 6.45) is -8.62. The molecular weight excluding hydrogens is 285 g/mol. The van der Waals surface area contributed by atoms with E-state index in [0.29, 0.717) is 0 Å². The molecule has 0 bridgehead atoms. The fraction of sp³-hybridized carbons (Fsp3) is 0.333. The third-order valence-electron chi connectivity index (χ3n) is 1.93. The number of carbonyl (C=O) groups is 1. The summed E-state index contributed by atoms with van der Waals surface area (Å²) in [5.41, 5.74) is -4.40. The number of alkyl halides is 5. The number of halogens is 6. The predicted octanol–water partition coefficient (Wildman–Crippen LogP) is 3.48. The second-order valence-corrected chi connectivity index (χ2v) is 3.43. The summed E-state index contributed by atoms with van der Waals surface area (Å²) in [5.74, 6) is -1.42. The van der Waals surface area contributed by atoms with Crippen LogP contribution in [-0.4, -0.2) is 18.1 Å². The molecule has 1 aromatic heterocycles. The van der Waals surface area contributed by atoms with Gasteiger partial charge >= 0.3 is 12.1 Å². The Morgan fingerprint density at radius 3 is 2.39 bits per heavy atom. The first kappa shape index (κ1) is 14.6. The Morgan fingerprint density at radius 2 is 2.00 bits per heavy atom. The van der Waals surface area contributed by atoms with E-state index in [4.69, 9.17) is 11.6 Å². The number of methoxy groups -OCH3 is 1. The van der Waals surface area contributed by atoms with Crippen molar-refractivity contribution >= 4 is 17.6 Å². The van der Waals surface area contributed by atoms with Crippen LogP contribution in [0.15, 0.2) is 6.07 Å². The van der Waals surface area contributed by atoms with Crippen molar-refractivity contribution in [2.45, 2.75) is 12.6 Å². The van der Waals surface area contributed by atoms with Gasteiger partial charge in [0.1, 0.15) is 5.15 Å². The Hall–Kier alpha value is -1.44. The molecule has 1 rings (SSSR count). The molecule has 100 valence electrons. The Bertz CT molecular complexity index is 475. The van der Waals surface area contributed by atoms with Crippen molar-refractivity contribution in [3.8, 4) is 0 Å². The lowest BCUT2D eigenvalue weighted by Gasteiger charge is -2.15. The molecule has 1 heterocycles. The molecule has 0 aromatic carbocycles. The summed E-state index contributed by atoms with van der Waals surface area (Å²) in [6, 6.07) is 0.232. The van der Waals surface area contributed by atoms with Crippen LogP contribution in [0, 0.1) is 0 Å².